The van der Waals surface area contributed by atoms with Gasteiger partial charge in [-0.3, -0.25) is 4.68 Å². The molecule has 2 aromatic heterocycles. The number of anilines is 1. The molecule has 0 amide bonds. The highest BCUT2D eigenvalue weighted by molar-refractivity contribution is 5.91. The SMILES string of the molecule is Cc1nn(C)c2nccc(NC3CCOC3C3CC3)c12. The van der Waals surface area contributed by atoms with Crippen molar-refractivity contribution in [1.29, 1.82) is 0 Å². The van der Waals surface area contributed by atoms with Gasteiger partial charge in [0.15, 0.2) is 5.65 Å². The largest absolute Gasteiger partial charge is 0.379 e. The first-order valence-electron chi connectivity index (χ1n) is 7.40. The summed E-state index contributed by atoms with van der Waals surface area (Å²) in [5.41, 5.74) is 3.11. The van der Waals surface area contributed by atoms with E-state index in [0.717, 1.165) is 41.4 Å². The number of ether oxygens (including phenoxy) is 1. The first-order valence-corrected chi connectivity index (χ1v) is 7.40. The maximum atomic E-state index is 5.91. The van der Waals surface area contributed by atoms with Crippen LogP contribution in [0.5, 0.6) is 0 Å². The summed E-state index contributed by atoms with van der Waals surface area (Å²) in [6.45, 7) is 2.91. The molecule has 0 spiro atoms. The molecule has 20 heavy (non-hydrogen) atoms. The minimum atomic E-state index is 0.384. The molecule has 2 aliphatic rings. The number of fused-ring (bicyclic) bond motifs is 1. The summed E-state index contributed by atoms with van der Waals surface area (Å²) in [5, 5.41) is 9.30. The van der Waals surface area contributed by atoms with Crippen LogP contribution in [0.3, 0.4) is 0 Å². The Hall–Kier alpha value is -1.62. The Morgan fingerprint density at radius 3 is 3.00 bits per heavy atom. The number of rotatable bonds is 3. The summed E-state index contributed by atoms with van der Waals surface area (Å²) >= 11 is 0. The van der Waals surface area contributed by atoms with Gasteiger partial charge in [-0.15, -0.1) is 0 Å². The lowest BCUT2D eigenvalue weighted by atomic mass is 10.1. The normalized spacial score (nSPS) is 26.3. The number of nitrogens with one attached hydrogen (secondary N) is 1. The van der Waals surface area contributed by atoms with Crippen molar-refractivity contribution in [3.8, 4) is 0 Å². The molecule has 2 unspecified atom stereocenters. The maximum absolute atomic E-state index is 5.91. The van der Waals surface area contributed by atoms with Crippen LogP contribution in [0.1, 0.15) is 25.0 Å². The Morgan fingerprint density at radius 1 is 1.35 bits per heavy atom. The Balaban J connectivity index is 1.68. The Morgan fingerprint density at radius 2 is 2.20 bits per heavy atom. The molecule has 2 atom stereocenters. The van der Waals surface area contributed by atoms with E-state index >= 15 is 0 Å². The average Bonchev–Trinajstić information content (AvgIpc) is 3.11. The molecule has 3 heterocycles. The Labute approximate surface area is 118 Å². The van der Waals surface area contributed by atoms with Crippen molar-refractivity contribution in [2.24, 2.45) is 13.0 Å². The number of aromatic nitrogens is 3. The summed E-state index contributed by atoms with van der Waals surface area (Å²) in [4.78, 5) is 4.43. The highest BCUT2D eigenvalue weighted by Gasteiger charge is 2.40. The number of pyridine rings is 1. The van der Waals surface area contributed by atoms with Gasteiger partial charge in [-0.2, -0.15) is 5.10 Å². The monoisotopic (exact) mass is 272 g/mol. The molecule has 1 saturated carbocycles. The zero-order chi connectivity index (χ0) is 13.7. The van der Waals surface area contributed by atoms with Gasteiger partial charge in [0.25, 0.3) is 0 Å². The van der Waals surface area contributed by atoms with Crippen molar-refractivity contribution in [3.63, 3.8) is 0 Å². The molecule has 0 bridgehead atoms. The molecule has 2 aromatic rings. The molecule has 1 aliphatic heterocycles. The van der Waals surface area contributed by atoms with E-state index in [1.165, 1.54) is 12.8 Å². The van der Waals surface area contributed by atoms with Crippen LogP contribution in [-0.2, 0) is 11.8 Å². The van der Waals surface area contributed by atoms with E-state index < -0.39 is 0 Å². The van der Waals surface area contributed by atoms with Crippen LogP contribution in [0.15, 0.2) is 12.3 Å². The lowest BCUT2D eigenvalue weighted by molar-refractivity contribution is 0.0899. The fourth-order valence-corrected chi connectivity index (χ4v) is 3.35. The van der Waals surface area contributed by atoms with Crippen LogP contribution < -0.4 is 5.32 Å². The number of hydrogen-bond donors (Lipinski definition) is 1. The van der Waals surface area contributed by atoms with Crippen molar-refractivity contribution >= 4 is 16.7 Å². The van der Waals surface area contributed by atoms with Gasteiger partial charge in [-0.05, 0) is 38.2 Å². The third-order valence-corrected chi connectivity index (χ3v) is 4.46. The van der Waals surface area contributed by atoms with Crippen LogP contribution in [0, 0.1) is 12.8 Å². The summed E-state index contributed by atoms with van der Waals surface area (Å²) < 4.78 is 7.76. The lowest BCUT2D eigenvalue weighted by Crippen LogP contribution is -2.31. The van der Waals surface area contributed by atoms with Gasteiger partial charge in [-0.25, -0.2) is 4.98 Å². The lowest BCUT2D eigenvalue weighted by Gasteiger charge is -2.21. The van der Waals surface area contributed by atoms with E-state index in [4.69, 9.17) is 4.74 Å². The van der Waals surface area contributed by atoms with Crippen molar-refractivity contribution in [2.75, 3.05) is 11.9 Å². The topological polar surface area (TPSA) is 52.0 Å². The quantitative estimate of drug-likeness (QED) is 0.931. The van der Waals surface area contributed by atoms with Gasteiger partial charge in [0.2, 0.25) is 0 Å². The highest BCUT2D eigenvalue weighted by Crippen LogP contribution is 2.40. The number of nitrogens with zero attached hydrogens (tertiary/aromatic N) is 3. The van der Waals surface area contributed by atoms with E-state index in [2.05, 4.69) is 21.5 Å². The summed E-state index contributed by atoms with van der Waals surface area (Å²) in [6, 6.07) is 2.48. The molecule has 1 aliphatic carbocycles. The maximum Gasteiger partial charge on any atom is 0.159 e. The van der Waals surface area contributed by atoms with Crippen molar-refractivity contribution < 1.29 is 4.74 Å². The molecule has 0 radical (unpaired) electrons. The first-order chi connectivity index (χ1) is 9.74. The minimum absolute atomic E-state index is 0.384. The summed E-state index contributed by atoms with van der Waals surface area (Å²) in [6.07, 6.45) is 5.97. The highest BCUT2D eigenvalue weighted by atomic mass is 16.5. The second-order valence-electron chi connectivity index (χ2n) is 5.98. The van der Waals surface area contributed by atoms with E-state index in [1.807, 2.05) is 24.9 Å². The third-order valence-electron chi connectivity index (χ3n) is 4.46. The van der Waals surface area contributed by atoms with Gasteiger partial charge >= 0.3 is 0 Å². The summed E-state index contributed by atoms with van der Waals surface area (Å²) in [7, 11) is 1.94. The zero-order valence-corrected chi connectivity index (χ0v) is 12.0. The summed E-state index contributed by atoms with van der Waals surface area (Å²) in [5.74, 6) is 0.766. The molecule has 2 fully saturated rings. The fourth-order valence-electron chi connectivity index (χ4n) is 3.35. The third kappa shape index (κ3) is 1.88. The fraction of sp³-hybridized carbons (Fsp3) is 0.600. The van der Waals surface area contributed by atoms with E-state index in [0.29, 0.717) is 12.1 Å². The molecule has 5 nitrogen and oxygen atoms in total. The number of aryl methyl sites for hydroxylation is 2. The second-order valence-corrected chi connectivity index (χ2v) is 5.98. The standard InChI is InChI=1S/C15H20N4O/c1-9-13-11(5-7-16-15(13)19(2)18-9)17-12-6-8-20-14(12)10-3-4-10/h5,7,10,12,14H,3-4,6,8H2,1-2H3,(H,16,17). The van der Waals surface area contributed by atoms with Gasteiger partial charge in [0, 0.05) is 25.5 Å². The zero-order valence-electron chi connectivity index (χ0n) is 12.0. The van der Waals surface area contributed by atoms with Crippen molar-refractivity contribution in [1.82, 2.24) is 14.8 Å². The Bertz CT molecular complexity index is 647. The van der Waals surface area contributed by atoms with Gasteiger partial charge < -0.3 is 10.1 Å². The molecular weight excluding hydrogens is 252 g/mol. The van der Waals surface area contributed by atoms with Crippen LogP contribution in [-0.4, -0.2) is 33.5 Å². The average molecular weight is 272 g/mol. The molecule has 106 valence electrons. The molecule has 0 aromatic carbocycles. The van der Waals surface area contributed by atoms with E-state index in [9.17, 15) is 0 Å². The molecule has 4 rings (SSSR count). The molecule has 5 heteroatoms. The van der Waals surface area contributed by atoms with Crippen molar-refractivity contribution in [2.45, 2.75) is 38.3 Å². The van der Waals surface area contributed by atoms with Gasteiger partial charge in [-0.1, -0.05) is 0 Å². The Kier molecular flexibility index (Phi) is 2.70. The molecule has 1 N–H and O–H groups in total. The van der Waals surface area contributed by atoms with E-state index in [-0.39, 0.29) is 0 Å². The first kappa shape index (κ1) is 12.1. The predicted octanol–water partition coefficient (Wildman–Crippen LogP) is 2.26. The number of hydrogen-bond acceptors (Lipinski definition) is 4. The van der Waals surface area contributed by atoms with Crippen LogP contribution in [0.4, 0.5) is 5.69 Å². The minimum Gasteiger partial charge on any atom is -0.379 e. The van der Waals surface area contributed by atoms with Crippen molar-refractivity contribution in [3.05, 3.63) is 18.0 Å². The van der Waals surface area contributed by atoms with Gasteiger partial charge in [0.05, 0.1) is 23.2 Å². The van der Waals surface area contributed by atoms with Crippen LogP contribution in [0.25, 0.3) is 11.0 Å². The van der Waals surface area contributed by atoms with Crippen LogP contribution in [0.2, 0.25) is 0 Å². The molecule has 1 saturated heterocycles. The van der Waals surface area contributed by atoms with Crippen LogP contribution >= 0.6 is 0 Å². The van der Waals surface area contributed by atoms with E-state index in [1.54, 1.807) is 0 Å². The molecular formula is C15H20N4O. The smallest absolute Gasteiger partial charge is 0.159 e. The second kappa shape index (κ2) is 4.45. The predicted molar refractivity (Wildman–Crippen MR) is 77.7 cm³/mol. The van der Waals surface area contributed by atoms with Gasteiger partial charge in [0.1, 0.15) is 0 Å².